The van der Waals surface area contributed by atoms with E-state index in [0.29, 0.717) is 24.6 Å². The van der Waals surface area contributed by atoms with Crippen LogP contribution in [-0.2, 0) is 6.42 Å². The van der Waals surface area contributed by atoms with E-state index in [0.717, 1.165) is 11.3 Å². The summed E-state index contributed by atoms with van der Waals surface area (Å²) in [5.41, 5.74) is 6.36. The number of nitrogens with two attached hydrogens (primary N) is 1. The fourth-order valence-corrected chi connectivity index (χ4v) is 2.58. The molecule has 0 atom stereocenters. The molecule has 0 saturated heterocycles. The first-order valence-electron chi connectivity index (χ1n) is 6.55. The Morgan fingerprint density at radius 2 is 2.10 bits per heavy atom. The summed E-state index contributed by atoms with van der Waals surface area (Å²) < 4.78 is 5.51. The van der Waals surface area contributed by atoms with Crippen LogP contribution in [0.25, 0.3) is 0 Å². The van der Waals surface area contributed by atoms with Crippen LogP contribution in [0.1, 0.15) is 21.5 Å². The molecule has 1 aromatic carbocycles. The number of carbonyl (C=O) groups excluding carboxylic acids is 1. The quantitative estimate of drug-likeness (QED) is 0.635. The molecule has 0 aliphatic rings. The van der Waals surface area contributed by atoms with Gasteiger partial charge < -0.3 is 15.8 Å². The minimum absolute atomic E-state index is 0.0562. The molecule has 20 heavy (non-hydrogen) atoms. The van der Waals surface area contributed by atoms with E-state index in [1.54, 1.807) is 6.07 Å². The van der Waals surface area contributed by atoms with Crippen molar-refractivity contribution in [2.75, 3.05) is 18.9 Å². The van der Waals surface area contributed by atoms with Crippen LogP contribution in [0.15, 0.2) is 36.4 Å². The molecule has 106 valence electrons. The number of para-hydroxylation sites is 2. The largest absolute Gasteiger partial charge is 0.490 e. The number of anilines is 1. The van der Waals surface area contributed by atoms with E-state index < -0.39 is 0 Å². The second-order valence-electron chi connectivity index (χ2n) is 4.26. The van der Waals surface area contributed by atoms with E-state index in [2.05, 4.69) is 12.2 Å². The van der Waals surface area contributed by atoms with Gasteiger partial charge in [0, 0.05) is 4.88 Å². The Kier molecular flexibility index (Phi) is 5.01. The van der Waals surface area contributed by atoms with Gasteiger partial charge in [-0.05, 0) is 30.7 Å². The van der Waals surface area contributed by atoms with Gasteiger partial charge in [0.1, 0.15) is 12.4 Å². The third-order valence-electron chi connectivity index (χ3n) is 2.80. The third-order valence-corrected chi connectivity index (χ3v) is 4.03. The van der Waals surface area contributed by atoms with Gasteiger partial charge in [-0.2, -0.15) is 0 Å². The number of rotatable bonds is 6. The number of nitrogens with one attached hydrogen (secondary N) is 1. The summed E-state index contributed by atoms with van der Waals surface area (Å²) in [6.45, 7) is 2.92. The van der Waals surface area contributed by atoms with E-state index in [1.807, 2.05) is 30.3 Å². The fourth-order valence-electron chi connectivity index (χ4n) is 1.71. The molecule has 0 bridgehead atoms. The summed E-state index contributed by atoms with van der Waals surface area (Å²) in [5, 5.41) is 2.83. The van der Waals surface area contributed by atoms with Gasteiger partial charge in [-0.15, -0.1) is 11.3 Å². The molecular formula is C15H18N2O2S. The zero-order chi connectivity index (χ0) is 14.4. The summed E-state index contributed by atoms with van der Waals surface area (Å²) in [6.07, 6.45) is 0.953. The molecule has 3 N–H and O–H groups in total. The standard InChI is InChI=1S/C15H18N2O2S/c1-2-11-7-8-14(20-11)15(18)17-9-10-19-13-6-4-3-5-12(13)16/h3-8H,2,9-10,16H2,1H3,(H,17,18). The Labute approximate surface area is 122 Å². The van der Waals surface area contributed by atoms with Crippen LogP contribution in [0.4, 0.5) is 5.69 Å². The molecule has 0 unspecified atom stereocenters. The molecule has 2 aromatic rings. The lowest BCUT2D eigenvalue weighted by molar-refractivity contribution is 0.0951. The van der Waals surface area contributed by atoms with E-state index >= 15 is 0 Å². The first-order valence-corrected chi connectivity index (χ1v) is 7.36. The van der Waals surface area contributed by atoms with Crippen LogP contribution in [0.2, 0.25) is 0 Å². The number of amides is 1. The average Bonchev–Trinajstić information content (AvgIpc) is 2.94. The highest BCUT2D eigenvalue weighted by molar-refractivity contribution is 7.14. The second-order valence-corrected chi connectivity index (χ2v) is 5.43. The molecule has 0 aliphatic carbocycles. The van der Waals surface area contributed by atoms with Crippen LogP contribution in [0.3, 0.4) is 0 Å². The van der Waals surface area contributed by atoms with Crippen LogP contribution in [0, 0.1) is 0 Å². The summed E-state index contributed by atoms with van der Waals surface area (Å²) in [4.78, 5) is 13.8. The first-order chi connectivity index (χ1) is 9.70. The smallest absolute Gasteiger partial charge is 0.261 e. The predicted octanol–water partition coefficient (Wildman–Crippen LogP) is 2.70. The number of ether oxygens (including phenoxy) is 1. The summed E-state index contributed by atoms with van der Waals surface area (Å²) in [6, 6.07) is 11.2. The molecule has 0 radical (unpaired) electrons. The molecule has 1 amide bonds. The highest BCUT2D eigenvalue weighted by atomic mass is 32.1. The molecule has 0 aliphatic heterocycles. The van der Waals surface area contributed by atoms with Gasteiger partial charge in [0.05, 0.1) is 17.1 Å². The van der Waals surface area contributed by atoms with E-state index in [9.17, 15) is 4.79 Å². The van der Waals surface area contributed by atoms with Crippen molar-refractivity contribution < 1.29 is 9.53 Å². The Hall–Kier alpha value is -2.01. The van der Waals surface area contributed by atoms with Crippen molar-refractivity contribution in [3.63, 3.8) is 0 Å². The number of hydrogen-bond acceptors (Lipinski definition) is 4. The maximum absolute atomic E-state index is 11.9. The Morgan fingerprint density at radius 1 is 1.30 bits per heavy atom. The number of hydrogen-bond donors (Lipinski definition) is 2. The summed E-state index contributed by atoms with van der Waals surface area (Å²) in [5.74, 6) is 0.588. The second kappa shape index (κ2) is 6.96. The molecular weight excluding hydrogens is 272 g/mol. The van der Waals surface area contributed by atoms with Gasteiger partial charge in [-0.3, -0.25) is 4.79 Å². The zero-order valence-electron chi connectivity index (χ0n) is 11.4. The van der Waals surface area contributed by atoms with Crippen molar-refractivity contribution in [3.8, 4) is 5.75 Å². The first kappa shape index (κ1) is 14.4. The van der Waals surface area contributed by atoms with Crippen LogP contribution in [0.5, 0.6) is 5.75 Å². The van der Waals surface area contributed by atoms with Gasteiger partial charge >= 0.3 is 0 Å². The highest BCUT2D eigenvalue weighted by Crippen LogP contribution is 2.19. The van der Waals surface area contributed by atoms with Crippen molar-refractivity contribution in [3.05, 3.63) is 46.2 Å². The lowest BCUT2D eigenvalue weighted by Crippen LogP contribution is -2.27. The molecule has 4 nitrogen and oxygen atoms in total. The number of carbonyl (C=O) groups is 1. The number of thiophene rings is 1. The average molecular weight is 290 g/mol. The highest BCUT2D eigenvalue weighted by Gasteiger charge is 2.08. The van der Waals surface area contributed by atoms with Crippen LogP contribution >= 0.6 is 11.3 Å². The zero-order valence-corrected chi connectivity index (χ0v) is 12.2. The molecule has 1 heterocycles. The molecule has 1 aromatic heterocycles. The number of aryl methyl sites for hydroxylation is 1. The normalized spacial score (nSPS) is 10.2. The topological polar surface area (TPSA) is 64.3 Å². The van der Waals surface area contributed by atoms with E-state index in [1.165, 1.54) is 16.2 Å². The lowest BCUT2D eigenvalue weighted by Gasteiger charge is -2.08. The number of nitrogen functional groups attached to an aromatic ring is 1. The molecule has 5 heteroatoms. The summed E-state index contributed by atoms with van der Waals surface area (Å²) in [7, 11) is 0. The monoisotopic (exact) mass is 290 g/mol. The van der Waals surface area contributed by atoms with E-state index in [-0.39, 0.29) is 5.91 Å². The van der Waals surface area contributed by atoms with Crippen molar-refractivity contribution in [2.45, 2.75) is 13.3 Å². The Morgan fingerprint density at radius 3 is 2.80 bits per heavy atom. The molecule has 0 saturated carbocycles. The maximum Gasteiger partial charge on any atom is 0.261 e. The van der Waals surface area contributed by atoms with Crippen LogP contribution < -0.4 is 15.8 Å². The molecule has 0 fully saturated rings. The minimum atomic E-state index is -0.0562. The van der Waals surface area contributed by atoms with Crippen molar-refractivity contribution in [1.82, 2.24) is 5.32 Å². The lowest BCUT2D eigenvalue weighted by atomic mass is 10.3. The van der Waals surface area contributed by atoms with Crippen molar-refractivity contribution in [1.29, 1.82) is 0 Å². The predicted molar refractivity (Wildman–Crippen MR) is 82.4 cm³/mol. The maximum atomic E-state index is 11.9. The summed E-state index contributed by atoms with van der Waals surface area (Å²) >= 11 is 1.52. The van der Waals surface area contributed by atoms with E-state index in [4.69, 9.17) is 10.5 Å². The van der Waals surface area contributed by atoms with Crippen molar-refractivity contribution >= 4 is 22.9 Å². The Bertz CT molecular complexity index is 581. The van der Waals surface area contributed by atoms with Gasteiger partial charge in [0.25, 0.3) is 5.91 Å². The SMILES string of the molecule is CCc1ccc(C(=O)NCCOc2ccccc2N)s1. The number of benzene rings is 1. The minimum Gasteiger partial charge on any atom is -0.490 e. The van der Waals surface area contributed by atoms with Gasteiger partial charge in [0.15, 0.2) is 0 Å². The van der Waals surface area contributed by atoms with Gasteiger partial charge in [-0.1, -0.05) is 19.1 Å². The van der Waals surface area contributed by atoms with Gasteiger partial charge in [-0.25, -0.2) is 0 Å². The fraction of sp³-hybridized carbons (Fsp3) is 0.267. The molecule has 0 spiro atoms. The van der Waals surface area contributed by atoms with Crippen LogP contribution in [-0.4, -0.2) is 19.1 Å². The van der Waals surface area contributed by atoms with Crippen molar-refractivity contribution in [2.24, 2.45) is 0 Å². The van der Waals surface area contributed by atoms with Gasteiger partial charge in [0.2, 0.25) is 0 Å². The molecule has 2 rings (SSSR count). The Balaban J connectivity index is 1.76. The third kappa shape index (κ3) is 3.74.